The number of anilines is 3. The van der Waals surface area contributed by atoms with Gasteiger partial charge in [-0.3, -0.25) is 0 Å². The summed E-state index contributed by atoms with van der Waals surface area (Å²) in [6, 6.07) is 12.6. The Morgan fingerprint density at radius 1 is 1.00 bits per heavy atom. The van der Waals surface area contributed by atoms with Gasteiger partial charge in [-0.15, -0.1) is 0 Å². The minimum absolute atomic E-state index is 0.0479. The van der Waals surface area contributed by atoms with Crippen LogP contribution in [0, 0.1) is 18.6 Å². The fourth-order valence-corrected chi connectivity index (χ4v) is 4.20. The van der Waals surface area contributed by atoms with E-state index in [1.165, 1.54) is 12.4 Å². The van der Waals surface area contributed by atoms with Crippen LogP contribution in [0.2, 0.25) is 0 Å². The van der Waals surface area contributed by atoms with Crippen molar-refractivity contribution in [3.05, 3.63) is 66.1 Å². The standard InChI is InChI=1S/C25H26F2N6O/c1-3-32-10-12-33(13-11-32)18-6-4-17(5-7-18)31-24-23(27)25(29-15-28-24)34-21-9-8-20-19(22(21)26)14-16(2)30-20/h4-9,14-15,30H,3,10-13H2,1-2H3,(H,28,29,31). The number of halogens is 2. The van der Waals surface area contributed by atoms with E-state index >= 15 is 4.39 Å². The molecule has 9 heteroatoms. The molecule has 1 aliphatic heterocycles. The van der Waals surface area contributed by atoms with Crippen molar-refractivity contribution in [3.8, 4) is 11.6 Å². The summed E-state index contributed by atoms with van der Waals surface area (Å²) in [4.78, 5) is 15.7. The molecule has 1 saturated heterocycles. The van der Waals surface area contributed by atoms with Crippen molar-refractivity contribution in [3.63, 3.8) is 0 Å². The van der Waals surface area contributed by atoms with E-state index in [0.717, 1.165) is 44.1 Å². The molecule has 34 heavy (non-hydrogen) atoms. The van der Waals surface area contributed by atoms with Gasteiger partial charge in [-0.25, -0.2) is 9.37 Å². The molecule has 2 aromatic carbocycles. The molecule has 5 rings (SSSR count). The van der Waals surface area contributed by atoms with Crippen LogP contribution in [0.3, 0.4) is 0 Å². The highest BCUT2D eigenvalue weighted by Gasteiger charge is 2.18. The number of benzene rings is 2. The molecule has 1 fully saturated rings. The molecule has 176 valence electrons. The summed E-state index contributed by atoms with van der Waals surface area (Å²) >= 11 is 0. The van der Waals surface area contributed by atoms with Gasteiger partial charge >= 0.3 is 0 Å². The maximum Gasteiger partial charge on any atom is 0.261 e. The molecule has 7 nitrogen and oxygen atoms in total. The normalized spacial score (nSPS) is 14.5. The molecule has 0 radical (unpaired) electrons. The predicted octanol–water partition coefficient (Wildman–Crippen LogP) is 5.22. The quantitative estimate of drug-likeness (QED) is 0.408. The van der Waals surface area contributed by atoms with Crippen LogP contribution in [-0.2, 0) is 0 Å². The lowest BCUT2D eigenvalue weighted by Gasteiger charge is -2.35. The molecule has 0 spiro atoms. The predicted molar refractivity (Wildman–Crippen MR) is 129 cm³/mol. The van der Waals surface area contributed by atoms with Crippen LogP contribution in [0.5, 0.6) is 11.6 Å². The van der Waals surface area contributed by atoms with Crippen molar-refractivity contribution in [2.24, 2.45) is 0 Å². The Balaban J connectivity index is 1.31. The van der Waals surface area contributed by atoms with Gasteiger partial charge in [0, 0.05) is 54.2 Å². The second kappa shape index (κ2) is 9.26. The Morgan fingerprint density at radius 3 is 2.50 bits per heavy atom. The highest BCUT2D eigenvalue weighted by molar-refractivity contribution is 5.82. The van der Waals surface area contributed by atoms with Crippen molar-refractivity contribution in [2.75, 3.05) is 42.9 Å². The summed E-state index contributed by atoms with van der Waals surface area (Å²) < 4.78 is 35.4. The van der Waals surface area contributed by atoms with Crippen molar-refractivity contribution >= 4 is 28.1 Å². The third kappa shape index (κ3) is 4.38. The topological polar surface area (TPSA) is 69.3 Å². The van der Waals surface area contributed by atoms with Crippen LogP contribution >= 0.6 is 0 Å². The fourth-order valence-electron chi connectivity index (χ4n) is 4.20. The number of aromatic nitrogens is 3. The van der Waals surface area contributed by atoms with Crippen LogP contribution in [0.1, 0.15) is 12.6 Å². The maximum atomic E-state index is 15.1. The summed E-state index contributed by atoms with van der Waals surface area (Å²) in [6.45, 7) is 9.13. The number of nitrogens with one attached hydrogen (secondary N) is 2. The lowest BCUT2D eigenvalue weighted by molar-refractivity contribution is 0.271. The molecule has 0 amide bonds. The lowest BCUT2D eigenvalue weighted by Crippen LogP contribution is -2.46. The third-order valence-corrected chi connectivity index (χ3v) is 6.12. The number of aromatic amines is 1. The molecule has 3 heterocycles. The van der Waals surface area contributed by atoms with E-state index in [1.54, 1.807) is 12.1 Å². The van der Waals surface area contributed by atoms with E-state index in [-0.39, 0.29) is 17.4 Å². The van der Waals surface area contributed by atoms with E-state index < -0.39 is 11.6 Å². The average molecular weight is 465 g/mol. The largest absolute Gasteiger partial charge is 0.433 e. The number of rotatable bonds is 6. The Bertz CT molecular complexity index is 1300. The maximum absolute atomic E-state index is 15.1. The summed E-state index contributed by atoms with van der Waals surface area (Å²) in [5.41, 5.74) is 3.26. The number of hydrogen-bond acceptors (Lipinski definition) is 6. The molecular weight excluding hydrogens is 438 g/mol. The second-order valence-electron chi connectivity index (χ2n) is 8.33. The Morgan fingerprint density at radius 2 is 1.76 bits per heavy atom. The second-order valence-corrected chi connectivity index (χ2v) is 8.33. The van der Waals surface area contributed by atoms with Crippen molar-refractivity contribution < 1.29 is 13.5 Å². The smallest absolute Gasteiger partial charge is 0.261 e. The summed E-state index contributed by atoms with van der Waals surface area (Å²) in [5.74, 6) is -1.89. The average Bonchev–Trinajstić information content (AvgIpc) is 3.25. The Labute approximate surface area is 196 Å². The van der Waals surface area contributed by atoms with E-state index in [2.05, 4.69) is 37.0 Å². The van der Waals surface area contributed by atoms with E-state index in [0.29, 0.717) is 16.6 Å². The highest BCUT2D eigenvalue weighted by Crippen LogP contribution is 2.32. The van der Waals surface area contributed by atoms with Crippen LogP contribution in [-0.4, -0.2) is 52.6 Å². The van der Waals surface area contributed by atoms with Crippen LogP contribution in [0.15, 0.2) is 48.8 Å². The SMILES string of the molecule is CCN1CCN(c2ccc(Nc3ncnc(Oc4ccc5[nH]c(C)cc5c4F)c3F)cc2)CC1. The minimum atomic E-state index is -0.799. The van der Waals surface area contributed by atoms with Gasteiger partial charge in [-0.05, 0) is 55.9 Å². The van der Waals surface area contributed by atoms with Crippen LogP contribution in [0.4, 0.5) is 26.0 Å². The number of ether oxygens (including phenoxy) is 1. The highest BCUT2D eigenvalue weighted by atomic mass is 19.1. The van der Waals surface area contributed by atoms with Gasteiger partial charge < -0.3 is 24.8 Å². The number of aryl methyl sites for hydroxylation is 1. The van der Waals surface area contributed by atoms with E-state index in [1.807, 2.05) is 31.2 Å². The molecule has 4 aromatic rings. The third-order valence-electron chi connectivity index (χ3n) is 6.12. The first-order valence-electron chi connectivity index (χ1n) is 11.3. The minimum Gasteiger partial charge on any atom is -0.433 e. The van der Waals surface area contributed by atoms with E-state index in [4.69, 9.17) is 4.74 Å². The van der Waals surface area contributed by atoms with Crippen molar-refractivity contribution in [1.82, 2.24) is 19.9 Å². The zero-order chi connectivity index (χ0) is 23.7. The lowest BCUT2D eigenvalue weighted by atomic mass is 10.2. The monoisotopic (exact) mass is 464 g/mol. The van der Waals surface area contributed by atoms with Gasteiger partial charge in [0.1, 0.15) is 6.33 Å². The van der Waals surface area contributed by atoms with Gasteiger partial charge in [0.05, 0.1) is 0 Å². The molecule has 0 saturated carbocycles. The zero-order valence-corrected chi connectivity index (χ0v) is 19.1. The summed E-state index contributed by atoms with van der Waals surface area (Å²) in [6.07, 6.45) is 1.18. The zero-order valence-electron chi connectivity index (χ0n) is 19.1. The van der Waals surface area contributed by atoms with Gasteiger partial charge in [0.25, 0.3) is 5.88 Å². The number of fused-ring (bicyclic) bond motifs is 1. The molecule has 0 bridgehead atoms. The number of piperazine rings is 1. The van der Waals surface area contributed by atoms with Crippen LogP contribution in [0.25, 0.3) is 10.9 Å². The number of H-pyrrole nitrogens is 1. The molecule has 2 aromatic heterocycles. The summed E-state index contributed by atoms with van der Waals surface area (Å²) in [5, 5.41) is 3.33. The Kier molecular flexibility index (Phi) is 6.02. The Hall–Kier alpha value is -3.72. The number of nitrogens with zero attached hydrogens (tertiary/aromatic N) is 4. The fraction of sp³-hybridized carbons (Fsp3) is 0.280. The van der Waals surface area contributed by atoms with Gasteiger partial charge in [0.15, 0.2) is 17.4 Å². The van der Waals surface area contributed by atoms with Gasteiger partial charge in [-0.2, -0.15) is 9.37 Å². The summed E-state index contributed by atoms with van der Waals surface area (Å²) in [7, 11) is 0. The van der Waals surface area contributed by atoms with Crippen LogP contribution < -0.4 is 15.0 Å². The first-order chi connectivity index (χ1) is 16.5. The molecule has 0 aliphatic carbocycles. The van der Waals surface area contributed by atoms with Crippen molar-refractivity contribution in [1.29, 1.82) is 0 Å². The first-order valence-corrected chi connectivity index (χ1v) is 11.3. The number of likely N-dealkylation sites (N-methyl/N-ethyl adjacent to an activating group) is 1. The van der Waals surface area contributed by atoms with Gasteiger partial charge in [-0.1, -0.05) is 6.92 Å². The van der Waals surface area contributed by atoms with E-state index in [9.17, 15) is 4.39 Å². The van der Waals surface area contributed by atoms with Crippen molar-refractivity contribution in [2.45, 2.75) is 13.8 Å². The molecular formula is C25H26F2N6O. The molecule has 0 unspecified atom stereocenters. The first kappa shape index (κ1) is 22.1. The number of hydrogen-bond donors (Lipinski definition) is 2. The van der Waals surface area contributed by atoms with Gasteiger partial charge in [0.2, 0.25) is 5.82 Å². The molecule has 0 atom stereocenters. The molecule has 1 aliphatic rings. The molecule has 2 N–H and O–H groups in total.